The normalized spacial score (nSPS) is 22.0. The molecule has 1 heterocycles. The summed E-state index contributed by atoms with van der Waals surface area (Å²) in [4.78, 5) is 0. The van der Waals surface area contributed by atoms with Crippen LogP contribution in [0.2, 0.25) is 5.02 Å². The Bertz CT molecular complexity index is 296. The number of halogens is 1. The van der Waals surface area contributed by atoms with Crippen LogP contribution in [0.5, 0.6) is 0 Å². The van der Waals surface area contributed by atoms with Gasteiger partial charge in [0.1, 0.15) is 0 Å². The molecule has 1 atom stereocenters. The third-order valence-electron chi connectivity index (χ3n) is 2.40. The van der Waals surface area contributed by atoms with Crippen LogP contribution in [0, 0.1) is 0 Å². The molecule has 1 aromatic rings. The molecule has 0 bridgehead atoms. The van der Waals surface area contributed by atoms with Crippen molar-refractivity contribution in [3.63, 3.8) is 0 Å². The van der Waals surface area contributed by atoms with E-state index in [1.807, 2.05) is 6.07 Å². The van der Waals surface area contributed by atoms with Gasteiger partial charge in [0.05, 0.1) is 0 Å². The van der Waals surface area contributed by atoms with E-state index in [0.717, 1.165) is 18.1 Å². The zero-order valence-electron chi connectivity index (χ0n) is 7.10. The van der Waals surface area contributed by atoms with Gasteiger partial charge >= 0.3 is 0 Å². The predicted molar refractivity (Wildman–Crippen MR) is 51.6 cm³/mol. The first-order valence-corrected chi connectivity index (χ1v) is 4.64. The van der Waals surface area contributed by atoms with Gasteiger partial charge in [-0.2, -0.15) is 0 Å². The van der Waals surface area contributed by atoms with Crippen molar-refractivity contribution in [2.75, 3.05) is 6.54 Å². The van der Waals surface area contributed by atoms with Crippen LogP contribution in [0.4, 0.5) is 0 Å². The summed E-state index contributed by atoms with van der Waals surface area (Å²) in [6.07, 6.45) is 0. The molecular weight excluding hydrogens is 170 g/mol. The standard InChI is InChI=1S/C10H12ClN/c1-7-5-12-6-8-2-3-9(11)4-10(7)8/h2-4,7,12H,5-6H2,1H3/t7-/m1/s1. The molecule has 0 saturated carbocycles. The lowest BCUT2D eigenvalue weighted by molar-refractivity contribution is 0.571. The van der Waals surface area contributed by atoms with Gasteiger partial charge in [0, 0.05) is 18.1 Å². The minimum absolute atomic E-state index is 0.590. The molecule has 0 fully saturated rings. The maximum absolute atomic E-state index is 5.92. The molecule has 2 rings (SSSR count). The third kappa shape index (κ3) is 1.35. The summed E-state index contributed by atoms with van der Waals surface area (Å²) in [5.41, 5.74) is 2.79. The topological polar surface area (TPSA) is 12.0 Å². The highest BCUT2D eigenvalue weighted by Gasteiger charge is 2.15. The molecule has 0 aromatic heterocycles. The maximum Gasteiger partial charge on any atom is 0.0409 e. The zero-order valence-corrected chi connectivity index (χ0v) is 7.86. The van der Waals surface area contributed by atoms with Gasteiger partial charge in [0.2, 0.25) is 0 Å². The summed E-state index contributed by atoms with van der Waals surface area (Å²) in [5.74, 6) is 0.590. The molecule has 0 aliphatic carbocycles. The molecule has 0 spiro atoms. The van der Waals surface area contributed by atoms with Gasteiger partial charge in [-0.3, -0.25) is 0 Å². The fourth-order valence-corrected chi connectivity index (χ4v) is 1.90. The van der Waals surface area contributed by atoms with Crippen LogP contribution < -0.4 is 5.32 Å². The zero-order chi connectivity index (χ0) is 8.55. The summed E-state index contributed by atoms with van der Waals surface area (Å²) in [6, 6.07) is 6.16. The fourth-order valence-electron chi connectivity index (χ4n) is 1.72. The summed E-state index contributed by atoms with van der Waals surface area (Å²) in [6.45, 7) is 4.27. The van der Waals surface area contributed by atoms with Crippen molar-refractivity contribution in [2.24, 2.45) is 0 Å². The fraction of sp³-hybridized carbons (Fsp3) is 0.400. The van der Waals surface area contributed by atoms with E-state index in [1.54, 1.807) is 0 Å². The van der Waals surface area contributed by atoms with E-state index in [2.05, 4.69) is 24.4 Å². The lowest BCUT2D eigenvalue weighted by atomic mass is 9.92. The summed E-state index contributed by atoms with van der Waals surface area (Å²) < 4.78 is 0. The lowest BCUT2D eigenvalue weighted by Crippen LogP contribution is -2.26. The molecule has 1 aliphatic heterocycles. The molecule has 2 heteroatoms. The Kier molecular flexibility index (Phi) is 2.07. The van der Waals surface area contributed by atoms with Gasteiger partial charge in [-0.1, -0.05) is 24.6 Å². The van der Waals surface area contributed by atoms with E-state index < -0.39 is 0 Å². The van der Waals surface area contributed by atoms with Crippen molar-refractivity contribution in [3.8, 4) is 0 Å². The number of benzene rings is 1. The Hall–Kier alpha value is -0.530. The molecule has 0 unspecified atom stereocenters. The first kappa shape index (κ1) is 8.09. The summed E-state index contributed by atoms with van der Waals surface area (Å²) in [5, 5.41) is 4.22. The minimum Gasteiger partial charge on any atom is -0.312 e. The number of fused-ring (bicyclic) bond motifs is 1. The Labute approximate surface area is 77.7 Å². The molecule has 0 amide bonds. The van der Waals surface area contributed by atoms with Gasteiger partial charge in [-0.05, 0) is 29.2 Å². The van der Waals surface area contributed by atoms with E-state index in [1.165, 1.54) is 11.1 Å². The maximum atomic E-state index is 5.92. The third-order valence-corrected chi connectivity index (χ3v) is 2.64. The highest BCUT2D eigenvalue weighted by Crippen LogP contribution is 2.26. The molecular formula is C10H12ClN. The Morgan fingerprint density at radius 3 is 3.17 bits per heavy atom. The van der Waals surface area contributed by atoms with Crippen LogP contribution in [0.3, 0.4) is 0 Å². The van der Waals surface area contributed by atoms with Crippen molar-refractivity contribution in [2.45, 2.75) is 19.4 Å². The second-order valence-corrected chi connectivity index (χ2v) is 3.81. The number of hydrogen-bond acceptors (Lipinski definition) is 1. The highest BCUT2D eigenvalue weighted by molar-refractivity contribution is 6.30. The van der Waals surface area contributed by atoms with Gasteiger partial charge in [0.15, 0.2) is 0 Å². The quantitative estimate of drug-likeness (QED) is 0.649. The summed E-state index contributed by atoms with van der Waals surface area (Å²) in [7, 11) is 0. The van der Waals surface area contributed by atoms with Crippen molar-refractivity contribution >= 4 is 11.6 Å². The molecule has 1 aromatic carbocycles. The smallest absolute Gasteiger partial charge is 0.0409 e. The molecule has 64 valence electrons. The average Bonchev–Trinajstić information content (AvgIpc) is 2.07. The Balaban J connectivity index is 2.47. The lowest BCUT2D eigenvalue weighted by Gasteiger charge is -2.23. The Morgan fingerprint density at radius 1 is 1.50 bits per heavy atom. The van der Waals surface area contributed by atoms with Crippen LogP contribution in [0.15, 0.2) is 18.2 Å². The van der Waals surface area contributed by atoms with E-state index >= 15 is 0 Å². The van der Waals surface area contributed by atoms with Crippen molar-refractivity contribution < 1.29 is 0 Å². The molecule has 0 radical (unpaired) electrons. The van der Waals surface area contributed by atoms with Crippen molar-refractivity contribution in [1.29, 1.82) is 0 Å². The first-order valence-electron chi connectivity index (χ1n) is 4.26. The van der Waals surface area contributed by atoms with Crippen LogP contribution in [0.1, 0.15) is 24.0 Å². The first-order chi connectivity index (χ1) is 5.77. The van der Waals surface area contributed by atoms with Crippen molar-refractivity contribution in [3.05, 3.63) is 34.3 Å². The molecule has 1 N–H and O–H groups in total. The van der Waals surface area contributed by atoms with Crippen LogP contribution in [-0.4, -0.2) is 6.54 Å². The van der Waals surface area contributed by atoms with Crippen LogP contribution >= 0.6 is 11.6 Å². The minimum atomic E-state index is 0.590. The number of nitrogens with one attached hydrogen (secondary N) is 1. The van der Waals surface area contributed by atoms with E-state index in [-0.39, 0.29) is 0 Å². The molecule has 1 aliphatic rings. The van der Waals surface area contributed by atoms with Gasteiger partial charge in [-0.25, -0.2) is 0 Å². The SMILES string of the molecule is C[C@@H]1CNCc2ccc(Cl)cc21. The highest BCUT2D eigenvalue weighted by atomic mass is 35.5. The van der Waals surface area contributed by atoms with E-state index in [0.29, 0.717) is 5.92 Å². The largest absolute Gasteiger partial charge is 0.312 e. The van der Waals surface area contributed by atoms with Gasteiger partial charge in [0.25, 0.3) is 0 Å². The molecule has 0 saturated heterocycles. The second-order valence-electron chi connectivity index (χ2n) is 3.38. The van der Waals surface area contributed by atoms with E-state index in [4.69, 9.17) is 11.6 Å². The van der Waals surface area contributed by atoms with Gasteiger partial charge < -0.3 is 5.32 Å². The number of rotatable bonds is 0. The van der Waals surface area contributed by atoms with Gasteiger partial charge in [-0.15, -0.1) is 0 Å². The molecule has 1 nitrogen and oxygen atoms in total. The van der Waals surface area contributed by atoms with Crippen LogP contribution in [0.25, 0.3) is 0 Å². The average molecular weight is 182 g/mol. The van der Waals surface area contributed by atoms with Crippen LogP contribution in [-0.2, 0) is 6.54 Å². The monoisotopic (exact) mass is 181 g/mol. The summed E-state index contributed by atoms with van der Waals surface area (Å²) >= 11 is 5.92. The Morgan fingerprint density at radius 2 is 2.33 bits per heavy atom. The molecule has 12 heavy (non-hydrogen) atoms. The second kappa shape index (κ2) is 3.08. The predicted octanol–water partition coefficient (Wildman–Crippen LogP) is 2.55. The van der Waals surface area contributed by atoms with E-state index in [9.17, 15) is 0 Å². The number of hydrogen-bond donors (Lipinski definition) is 1. The van der Waals surface area contributed by atoms with Crippen molar-refractivity contribution in [1.82, 2.24) is 5.32 Å².